The van der Waals surface area contributed by atoms with E-state index in [9.17, 15) is 9.59 Å². The summed E-state index contributed by atoms with van der Waals surface area (Å²) in [7, 11) is 0. The third-order valence-electron chi connectivity index (χ3n) is 2.21. The van der Waals surface area contributed by atoms with E-state index in [1.54, 1.807) is 41.5 Å². The van der Waals surface area contributed by atoms with Gasteiger partial charge in [0.25, 0.3) is 0 Å². The summed E-state index contributed by atoms with van der Waals surface area (Å²) in [6.07, 6.45) is 0.553. The number of hydrogen-bond acceptors (Lipinski definition) is 4. The first-order valence-electron chi connectivity index (χ1n) is 6.60. The Hall–Kier alpha value is -2.02. The molecule has 0 aromatic carbocycles. The largest absolute Gasteiger partial charge is 0.417 e. The highest BCUT2D eigenvalue weighted by atomic mass is 16.5. The molecule has 0 bridgehead atoms. The van der Waals surface area contributed by atoms with Crippen molar-refractivity contribution in [3.8, 4) is 11.8 Å². The van der Waals surface area contributed by atoms with Crippen LogP contribution in [-0.4, -0.2) is 11.9 Å². The van der Waals surface area contributed by atoms with Crippen molar-refractivity contribution in [2.45, 2.75) is 54.4 Å². The maximum absolute atomic E-state index is 11.3. The Bertz CT molecular complexity index is 446. The molecule has 20 heavy (non-hydrogen) atoms. The zero-order valence-electron chi connectivity index (χ0n) is 13.0. The van der Waals surface area contributed by atoms with Crippen molar-refractivity contribution in [1.82, 2.24) is 0 Å². The van der Waals surface area contributed by atoms with E-state index in [1.165, 1.54) is 0 Å². The normalized spacial score (nSPS) is 8.90. The zero-order valence-corrected chi connectivity index (χ0v) is 13.0. The van der Waals surface area contributed by atoms with Gasteiger partial charge >= 0.3 is 11.9 Å². The fourth-order valence-electron chi connectivity index (χ4n) is 0.991. The summed E-state index contributed by atoms with van der Waals surface area (Å²) in [5, 5.41) is 0. The molecule has 0 aromatic heterocycles. The average molecular weight is 278 g/mol. The van der Waals surface area contributed by atoms with E-state index in [-0.39, 0.29) is 24.8 Å². The average Bonchev–Trinajstić information content (AvgIpc) is 2.40. The lowest BCUT2D eigenvalue weighted by Gasteiger charge is -2.05. The van der Waals surface area contributed by atoms with Crippen LogP contribution in [0.1, 0.15) is 54.4 Å². The third-order valence-corrected chi connectivity index (χ3v) is 2.21. The number of hydrogen-bond donors (Lipinski definition) is 0. The molecular weight excluding hydrogens is 256 g/mol. The van der Waals surface area contributed by atoms with Gasteiger partial charge in [-0.2, -0.15) is 0 Å². The summed E-state index contributed by atoms with van der Waals surface area (Å²) in [5.74, 6) is 5.39. The summed E-state index contributed by atoms with van der Waals surface area (Å²) in [5.41, 5.74) is 1.57. The van der Waals surface area contributed by atoms with Crippen molar-refractivity contribution in [3.63, 3.8) is 0 Å². The topological polar surface area (TPSA) is 52.6 Å². The number of rotatable bonds is 4. The van der Waals surface area contributed by atoms with Crippen LogP contribution >= 0.6 is 0 Å². The van der Waals surface area contributed by atoms with Crippen molar-refractivity contribution in [2.75, 3.05) is 0 Å². The Balaban J connectivity index is 5.23. The molecule has 0 heterocycles. The van der Waals surface area contributed by atoms with Crippen LogP contribution in [0.5, 0.6) is 0 Å². The minimum atomic E-state index is -0.347. The zero-order chi connectivity index (χ0) is 15.7. The van der Waals surface area contributed by atoms with Gasteiger partial charge in [0.2, 0.25) is 0 Å². The molecule has 4 heteroatoms. The third kappa shape index (κ3) is 6.79. The van der Waals surface area contributed by atoms with Gasteiger partial charge in [0.15, 0.2) is 11.5 Å². The van der Waals surface area contributed by atoms with Crippen LogP contribution in [0.4, 0.5) is 0 Å². The number of ether oxygens (including phenoxy) is 2. The highest BCUT2D eigenvalue weighted by Gasteiger charge is 2.07. The lowest BCUT2D eigenvalue weighted by atomic mass is 10.2. The fraction of sp³-hybridized carbons (Fsp3) is 0.500. The number of allylic oxidation sites excluding steroid dienone is 4. The van der Waals surface area contributed by atoms with Gasteiger partial charge in [-0.3, -0.25) is 9.59 Å². The lowest BCUT2D eigenvalue weighted by Crippen LogP contribution is -2.04. The van der Waals surface area contributed by atoms with Crippen molar-refractivity contribution in [3.05, 3.63) is 22.7 Å². The van der Waals surface area contributed by atoms with Gasteiger partial charge in [0, 0.05) is 12.8 Å². The molecule has 0 radical (unpaired) electrons. The van der Waals surface area contributed by atoms with E-state index in [4.69, 9.17) is 9.47 Å². The molecule has 0 saturated carbocycles. The molecule has 0 atom stereocenters. The van der Waals surface area contributed by atoms with Crippen molar-refractivity contribution in [2.24, 2.45) is 0 Å². The van der Waals surface area contributed by atoms with E-state index >= 15 is 0 Å². The number of carbonyl (C=O) groups is 2. The molecule has 0 aliphatic heterocycles. The molecule has 0 saturated heterocycles. The molecule has 0 amide bonds. The SMILES string of the molecule is CCC(=O)OC(C#CC(OC(=O)CC)=C(C)C)=C(C)C. The summed E-state index contributed by atoms with van der Waals surface area (Å²) in [4.78, 5) is 22.6. The molecule has 0 unspecified atom stereocenters. The minimum Gasteiger partial charge on any atom is -0.417 e. The Morgan fingerprint density at radius 3 is 1.25 bits per heavy atom. The molecule has 0 aliphatic carbocycles. The minimum absolute atomic E-state index is 0.277. The summed E-state index contributed by atoms with van der Waals surface area (Å²) >= 11 is 0. The number of carbonyl (C=O) groups excluding carboxylic acids is 2. The van der Waals surface area contributed by atoms with E-state index < -0.39 is 0 Å². The standard InChI is InChI=1S/C16H22O4/c1-7-15(17)19-13(11(3)4)9-10-14(12(5)6)20-16(18)8-2/h7-8H2,1-6H3. The van der Waals surface area contributed by atoms with Gasteiger partial charge < -0.3 is 9.47 Å². The Labute approximate surface area is 120 Å². The molecule has 4 nitrogen and oxygen atoms in total. The lowest BCUT2D eigenvalue weighted by molar-refractivity contribution is -0.139. The summed E-state index contributed by atoms with van der Waals surface area (Å²) < 4.78 is 10.3. The molecular formula is C16H22O4. The molecule has 110 valence electrons. The maximum atomic E-state index is 11.3. The number of esters is 2. The first-order chi connectivity index (χ1) is 9.31. The van der Waals surface area contributed by atoms with E-state index in [0.29, 0.717) is 11.5 Å². The fourth-order valence-corrected chi connectivity index (χ4v) is 0.991. The highest BCUT2D eigenvalue weighted by molar-refractivity contribution is 5.72. The summed E-state index contributed by atoms with van der Waals surface area (Å²) in [6.45, 7) is 10.6. The molecule has 0 N–H and O–H groups in total. The highest BCUT2D eigenvalue weighted by Crippen LogP contribution is 2.09. The van der Waals surface area contributed by atoms with Crippen LogP contribution in [0.2, 0.25) is 0 Å². The van der Waals surface area contributed by atoms with Crippen LogP contribution in [0.3, 0.4) is 0 Å². The van der Waals surface area contributed by atoms with Crippen molar-refractivity contribution >= 4 is 11.9 Å². The quantitative estimate of drug-likeness (QED) is 0.449. The van der Waals surface area contributed by atoms with E-state index in [2.05, 4.69) is 11.8 Å². The van der Waals surface area contributed by atoms with Gasteiger partial charge in [-0.15, -0.1) is 0 Å². The maximum Gasteiger partial charge on any atom is 0.311 e. The van der Waals surface area contributed by atoms with Gasteiger partial charge in [-0.1, -0.05) is 13.8 Å². The van der Waals surface area contributed by atoms with Crippen LogP contribution < -0.4 is 0 Å². The summed E-state index contributed by atoms with van der Waals surface area (Å²) in [6, 6.07) is 0. The second kappa shape index (κ2) is 8.98. The van der Waals surface area contributed by atoms with E-state index in [1.807, 2.05) is 0 Å². The monoisotopic (exact) mass is 278 g/mol. The Morgan fingerprint density at radius 1 is 0.750 bits per heavy atom. The second-order valence-electron chi connectivity index (χ2n) is 4.56. The van der Waals surface area contributed by atoms with Crippen LogP contribution in [-0.2, 0) is 19.1 Å². The van der Waals surface area contributed by atoms with E-state index in [0.717, 1.165) is 11.1 Å². The predicted molar refractivity (Wildman–Crippen MR) is 77.3 cm³/mol. The first kappa shape index (κ1) is 18.0. The van der Waals surface area contributed by atoms with Crippen LogP contribution in [0, 0.1) is 11.8 Å². The van der Waals surface area contributed by atoms with Gasteiger partial charge in [-0.05, 0) is 50.7 Å². The smallest absolute Gasteiger partial charge is 0.311 e. The Kier molecular flexibility index (Phi) is 8.07. The van der Waals surface area contributed by atoms with Gasteiger partial charge in [0.05, 0.1) is 0 Å². The van der Waals surface area contributed by atoms with Gasteiger partial charge in [0.1, 0.15) is 0 Å². The molecule has 0 aliphatic rings. The molecule has 0 rings (SSSR count). The first-order valence-corrected chi connectivity index (χ1v) is 6.60. The van der Waals surface area contributed by atoms with Crippen LogP contribution in [0.25, 0.3) is 0 Å². The second-order valence-corrected chi connectivity index (χ2v) is 4.56. The Morgan fingerprint density at radius 2 is 1.05 bits per heavy atom. The van der Waals surface area contributed by atoms with Crippen molar-refractivity contribution < 1.29 is 19.1 Å². The predicted octanol–water partition coefficient (Wildman–Crippen LogP) is 3.48. The van der Waals surface area contributed by atoms with Crippen molar-refractivity contribution in [1.29, 1.82) is 0 Å². The van der Waals surface area contributed by atoms with Gasteiger partial charge in [-0.25, -0.2) is 0 Å². The van der Waals surface area contributed by atoms with Crippen LogP contribution in [0.15, 0.2) is 22.7 Å². The molecule has 0 aromatic rings. The molecule has 0 spiro atoms. The molecule has 0 fully saturated rings.